The molecule has 1 aliphatic rings. The molecule has 1 fully saturated rings. The lowest BCUT2D eigenvalue weighted by Crippen LogP contribution is -2.30. The summed E-state index contributed by atoms with van der Waals surface area (Å²) in [5.41, 5.74) is 1.31. The van der Waals surface area contributed by atoms with Crippen LogP contribution < -0.4 is 5.32 Å². The summed E-state index contributed by atoms with van der Waals surface area (Å²) in [5.74, 6) is 2.96. The molecule has 1 aromatic rings. The Balaban J connectivity index is 2.00. The first-order valence-corrected chi connectivity index (χ1v) is 5.91. The molecular formula is C13H21NO. The van der Waals surface area contributed by atoms with Gasteiger partial charge < -0.3 is 9.73 Å². The summed E-state index contributed by atoms with van der Waals surface area (Å²) in [4.78, 5) is 0. The van der Waals surface area contributed by atoms with E-state index in [9.17, 15) is 0 Å². The second kappa shape index (κ2) is 4.01. The van der Waals surface area contributed by atoms with E-state index in [1.165, 1.54) is 18.4 Å². The van der Waals surface area contributed by atoms with Crippen LogP contribution in [0, 0.1) is 19.8 Å². The van der Waals surface area contributed by atoms with Gasteiger partial charge in [0.2, 0.25) is 0 Å². The van der Waals surface area contributed by atoms with Crippen molar-refractivity contribution in [1.29, 1.82) is 0 Å². The Kier molecular flexibility index (Phi) is 2.87. The van der Waals surface area contributed by atoms with Crippen LogP contribution in [0.3, 0.4) is 0 Å². The highest BCUT2D eigenvalue weighted by Gasteiger charge is 2.29. The lowest BCUT2D eigenvalue weighted by Gasteiger charge is -2.19. The van der Waals surface area contributed by atoms with E-state index in [2.05, 4.69) is 25.2 Å². The monoisotopic (exact) mass is 207 g/mol. The molecule has 1 saturated carbocycles. The molecule has 0 aliphatic heterocycles. The molecule has 0 bridgehead atoms. The lowest BCUT2D eigenvalue weighted by atomic mass is 10.1. The molecule has 1 aromatic heterocycles. The minimum atomic E-state index is 0.401. The zero-order chi connectivity index (χ0) is 11.0. The maximum absolute atomic E-state index is 5.55. The van der Waals surface area contributed by atoms with Crippen LogP contribution in [-0.4, -0.2) is 6.04 Å². The van der Waals surface area contributed by atoms with Crippen LogP contribution in [0.1, 0.15) is 49.8 Å². The molecule has 2 heteroatoms. The van der Waals surface area contributed by atoms with Crippen LogP contribution in [0.15, 0.2) is 10.5 Å². The predicted octanol–water partition coefficient (Wildman–Crippen LogP) is 3.35. The predicted molar refractivity (Wildman–Crippen MR) is 61.9 cm³/mol. The zero-order valence-corrected chi connectivity index (χ0v) is 10.1. The molecule has 2 rings (SSSR count). The third-order valence-electron chi connectivity index (χ3n) is 3.39. The molecule has 2 nitrogen and oxygen atoms in total. The highest BCUT2D eigenvalue weighted by atomic mass is 16.3. The van der Waals surface area contributed by atoms with Crippen molar-refractivity contribution in [2.24, 2.45) is 5.92 Å². The summed E-state index contributed by atoms with van der Waals surface area (Å²) in [6, 6.07) is 3.18. The summed E-state index contributed by atoms with van der Waals surface area (Å²) in [6.07, 6.45) is 2.79. The van der Waals surface area contributed by atoms with Crippen LogP contribution in [0.5, 0.6) is 0 Å². The molecule has 84 valence electrons. The van der Waals surface area contributed by atoms with Gasteiger partial charge in [-0.15, -0.1) is 0 Å². The van der Waals surface area contributed by atoms with Crippen molar-refractivity contribution in [3.8, 4) is 0 Å². The van der Waals surface area contributed by atoms with Gasteiger partial charge in [0.05, 0.1) is 0 Å². The fourth-order valence-electron chi connectivity index (χ4n) is 2.30. The quantitative estimate of drug-likeness (QED) is 0.819. The number of rotatable bonds is 4. The van der Waals surface area contributed by atoms with Crippen molar-refractivity contribution in [3.63, 3.8) is 0 Å². The van der Waals surface area contributed by atoms with Gasteiger partial charge in [0.15, 0.2) is 0 Å². The van der Waals surface area contributed by atoms with Gasteiger partial charge in [-0.05, 0) is 52.5 Å². The van der Waals surface area contributed by atoms with E-state index in [0.29, 0.717) is 12.1 Å². The normalized spacial score (nSPS) is 20.3. The van der Waals surface area contributed by atoms with E-state index in [0.717, 1.165) is 17.4 Å². The van der Waals surface area contributed by atoms with Crippen LogP contribution in [-0.2, 0) is 0 Å². The minimum absolute atomic E-state index is 0.401. The highest BCUT2D eigenvalue weighted by molar-refractivity contribution is 5.23. The smallest absolute Gasteiger partial charge is 0.105 e. The lowest BCUT2D eigenvalue weighted by molar-refractivity contribution is 0.432. The molecule has 1 aliphatic carbocycles. The van der Waals surface area contributed by atoms with Gasteiger partial charge in [-0.2, -0.15) is 0 Å². The van der Waals surface area contributed by atoms with Gasteiger partial charge in [-0.1, -0.05) is 0 Å². The first kappa shape index (κ1) is 10.7. The number of furan rings is 1. The van der Waals surface area contributed by atoms with Gasteiger partial charge in [-0.3, -0.25) is 0 Å². The summed E-state index contributed by atoms with van der Waals surface area (Å²) in [6.45, 7) is 8.56. The standard InChI is InChI=1S/C13H21NO/c1-8-7-13(11(4)15-8)10(3)14-9(2)12-5-6-12/h7,9-10,12,14H,5-6H2,1-4H3. The Bertz CT molecular complexity index is 338. The molecule has 0 spiro atoms. The first-order valence-electron chi connectivity index (χ1n) is 5.91. The second-order valence-corrected chi connectivity index (χ2v) is 4.88. The van der Waals surface area contributed by atoms with E-state index < -0.39 is 0 Å². The Hall–Kier alpha value is -0.760. The minimum Gasteiger partial charge on any atom is -0.466 e. The average molecular weight is 207 g/mol. The van der Waals surface area contributed by atoms with Crippen molar-refractivity contribution in [2.75, 3.05) is 0 Å². The zero-order valence-electron chi connectivity index (χ0n) is 10.1. The number of hydrogen-bond donors (Lipinski definition) is 1. The summed E-state index contributed by atoms with van der Waals surface area (Å²) >= 11 is 0. The van der Waals surface area contributed by atoms with E-state index in [1.807, 2.05) is 13.8 Å². The van der Waals surface area contributed by atoms with E-state index in [-0.39, 0.29) is 0 Å². The fourth-order valence-corrected chi connectivity index (χ4v) is 2.30. The van der Waals surface area contributed by atoms with Crippen LogP contribution in [0.4, 0.5) is 0 Å². The van der Waals surface area contributed by atoms with Gasteiger partial charge in [-0.25, -0.2) is 0 Å². The summed E-state index contributed by atoms with van der Waals surface area (Å²) in [5, 5.41) is 3.65. The molecule has 1 N–H and O–H groups in total. The third-order valence-corrected chi connectivity index (χ3v) is 3.39. The Morgan fingerprint density at radius 2 is 2.00 bits per heavy atom. The number of nitrogens with one attached hydrogen (secondary N) is 1. The topological polar surface area (TPSA) is 25.2 Å². The maximum Gasteiger partial charge on any atom is 0.105 e. The number of hydrogen-bond acceptors (Lipinski definition) is 2. The van der Waals surface area contributed by atoms with Gasteiger partial charge in [0.25, 0.3) is 0 Å². The molecule has 2 unspecified atom stereocenters. The van der Waals surface area contributed by atoms with Crippen LogP contribution >= 0.6 is 0 Å². The van der Waals surface area contributed by atoms with Crippen LogP contribution in [0.2, 0.25) is 0 Å². The molecular weight excluding hydrogens is 186 g/mol. The molecule has 1 heterocycles. The fraction of sp³-hybridized carbons (Fsp3) is 0.692. The average Bonchev–Trinajstić information content (AvgIpc) is 2.92. The van der Waals surface area contributed by atoms with Gasteiger partial charge >= 0.3 is 0 Å². The van der Waals surface area contributed by atoms with E-state index in [1.54, 1.807) is 0 Å². The highest BCUT2D eigenvalue weighted by Crippen LogP contribution is 2.33. The van der Waals surface area contributed by atoms with E-state index >= 15 is 0 Å². The maximum atomic E-state index is 5.55. The number of aryl methyl sites for hydroxylation is 2. The summed E-state index contributed by atoms with van der Waals surface area (Å²) in [7, 11) is 0. The van der Waals surface area contributed by atoms with E-state index in [4.69, 9.17) is 4.42 Å². The molecule has 15 heavy (non-hydrogen) atoms. The van der Waals surface area contributed by atoms with Crippen LogP contribution in [0.25, 0.3) is 0 Å². The van der Waals surface area contributed by atoms with Crippen molar-refractivity contribution < 1.29 is 4.42 Å². The van der Waals surface area contributed by atoms with Crippen molar-refractivity contribution in [3.05, 3.63) is 23.2 Å². The van der Waals surface area contributed by atoms with Crippen molar-refractivity contribution in [1.82, 2.24) is 5.32 Å². The second-order valence-electron chi connectivity index (χ2n) is 4.88. The SMILES string of the molecule is Cc1cc(C(C)NC(C)C2CC2)c(C)o1. The molecule has 2 atom stereocenters. The summed E-state index contributed by atoms with van der Waals surface area (Å²) < 4.78 is 5.55. The van der Waals surface area contributed by atoms with Gasteiger partial charge in [0, 0.05) is 17.6 Å². The Labute approximate surface area is 92.1 Å². The van der Waals surface area contributed by atoms with Gasteiger partial charge in [0.1, 0.15) is 11.5 Å². The first-order chi connectivity index (χ1) is 7.08. The molecule has 0 saturated heterocycles. The molecule has 0 amide bonds. The Morgan fingerprint density at radius 3 is 2.47 bits per heavy atom. The third kappa shape index (κ3) is 2.43. The largest absolute Gasteiger partial charge is 0.466 e. The van der Waals surface area contributed by atoms with Crippen molar-refractivity contribution >= 4 is 0 Å². The Morgan fingerprint density at radius 1 is 1.33 bits per heavy atom. The molecule has 0 aromatic carbocycles. The van der Waals surface area contributed by atoms with Crippen molar-refractivity contribution in [2.45, 2.75) is 52.6 Å². The molecule has 0 radical (unpaired) electrons.